The molecule has 1 rings (SSSR count). The van der Waals surface area contributed by atoms with Crippen molar-refractivity contribution in [1.82, 2.24) is 0 Å². The molecule has 1 aliphatic rings. The van der Waals surface area contributed by atoms with Crippen LogP contribution in [0.15, 0.2) is 0 Å². The van der Waals surface area contributed by atoms with Gasteiger partial charge in [-0.05, 0) is 0 Å². The van der Waals surface area contributed by atoms with E-state index in [1.165, 1.54) is 39.4 Å². The standard InChI is InChI=1S/C7H15B/c1-8-7-5-3-2-4-6-7/h7-8H,2-6H2,1H3. The van der Waals surface area contributed by atoms with Crippen LogP contribution < -0.4 is 0 Å². The van der Waals surface area contributed by atoms with Gasteiger partial charge in [0, 0.05) is 0 Å². The Balaban J connectivity index is 2.13. The minimum Gasteiger partial charge on any atom is -0.0891 e. The van der Waals surface area contributed by atoms with Gasteiger partial charge in [-0.15, -0.1) is 0 Å². The zero-order valence-electron chi connectivity index (χ0n) is 5.82. The lowest BCUT2D eigenvalue weighted by molar-refractivity contribution is 0.501. The van der Waals surface area contributed by atoms with E-state index in [0.717, 1.165) is 5.82 Å². The molecule has 1 aliphatic carbocycles. The molecule has 8 heavy (non-hydrogen) atoms. The summed E-state index contributed by atoms with van der Waals surface area (Å²) in [6.07, 6.45) is 7.51. The molecule has 1 fully saturated rings. The minimum atomic E-state index is 1.09. The van der Waals surface area contributed by atoms with Gasteiger partial charge in [0.25, 0.3) is 0 Å². The summed E-state index contributed by atoms with van der Waals surface area (Å²) in [5, 5.41) is 0. The Kier molecular flexibility index (Phi) is 2.45. The van der Waals surface area contributed by atoms with Crippen molar-refractivity contribution in [3.63, 3.8) is 0 Å². The van der Waals surface area contributed by atoms with Crippen molar-refractivity contribution < 1.29 is 0 Å². The van der Waals surface area contributed by atoms with E-state index in [-0.39, 0.29) is 0 Å². The summed E-state index contributed by atoms with van der Waals surface area (Å²) in [6, 6.07) is 0. The zero-order chi connectivity index (χ0) is 5.82. The number of hydrogen-bond donors (Lipinski definition) is 0. The van der Waals surface area contributed by atoms with E-state index in [1.807, 2.05) is 0 Å². The molecular formula is C7H15B. The lowest BCUT2D eigenvalue weighted by Crippen LogP contribution is -2.04. The second-order valence-corrected chi connectivity index (χ2v) is 2.91. The van der Waals surface area contributed by atoms with E-state index in [4.69, 9.17) is 0 Å². The molecule has 0 heterocycles. The molecule has 46 valence electrons. The predicted molar refractivity (Wildman–Crippen MR) is 39.8 cm³/mol. The third kappa shape index (κ3) is 1.54. The normalized spacial score (nSPS) is 23.1. The highest BCUT2D eigenvalue weighted by Crippen LogP contribution is 2.27. The third-order valence-corrected chi connectivity index (χ3v) is 2.30. The summed E-state index contributed by atoms with van der Waals surface area (Å²) in [7, 11) is 1.42. The smallest absolute Gasteiger partial charge is 0.0891 e. The Morgan fingerprint density at radius 1 is 1.12 bits per heavy atom. The van der Waals surface area contributed by atoms with Crippen molar-refractivity contribution in [1.29, 1.82) is 0 Å². The highest BCUT2D eigenvalue weighted by Gasteiger charge is 2.10. The first kappa shape index (κ1) is 6.19. The van der Waals surface area contributed by atoms with Crippen molar-refractivity contribution in [2.75, 3.05) is 0 Å². The lowest BCUT2D eigenvalue weighted by Gasteiger charge is -2.18. The molecule has 0 radical (unpaired) electrons. The first-order valence-electron chi connectivity index (χ1n) is 3.93. The van der Waals surface area contributed by atoms with E-state index < -0.39 is 0 Å². The summed E-state index contributed by atoms with van der Waals surface area (Å²) in [4.78, 5) is 0. The van der Waals surface area contributed by atoms with Gasteiger partial charge in [-0.3, -0.25) is 0 Å². The van der Waals surface area contributed by atoms with Gasteiger partial charge in [0.15, 0.2) is 0 Å². The van der Waals surface area contributed by atoms with Crippen molar-refractivity contribution in [2.45, 2.75) is 44.7 Å². The molecule has 0 unspecified atom stereocenters. The maximum Gasteiger partial charge on any atom is 0.120 e. The van der Waals surface area contributed by atoms with Gasteiger partial charge in [0.2, 0.25) is 0 Å². The van der Waals surface area contributed by atoms with Crippen molar-refractivity contribution in [3.8, 4) is 0 Å². The van der Waals surface area contributed by atoms with Crippen LogP contribution in [0.5, 0.6) is 0 Å². The van der Waals surface area contributed by atoms with Crippen LogP contribution in [0, 0.1) is 0 Å². The monoisotopic (exact) mass is 110 g/mol. The van der Waals surface area contributed by atoms with Crippen LogP contribution >= 0.6 is 0 Å². The van der Waals surface area contributed by atoms with E-state index >= 15 is 0 Å². The Labute approximate surface area is 52.9 Å². The maximum atomic E-state index is 2.32. The van der Waals surface area contributed by atoms with Crippen LogP contribution in [0.4, 0.5) is 0 Å². The first-order valence-corrected chi connectivity index (χ1v) is 3.93. The van der Waals surface area contributed by atoms with Crippen LogP contribution in [0.1, 0.15) is 32.1 Å². The van der Waals surface area contributed by atoms with Crippen molar-refractivity contribution in [2.24, 2.45) is 0 Å². The molecule has 1 saturated carbocycles. The Hall–Kier alpha value is 0.0649. The molecule has 0 atom stereocenters. The minimum absolute atomic E-state index is 1.09. The van der Waals surface area contributed by atoms with E-state index in [0.29, 0.717) is 0 Å². The third-order valence-electron chi connectivity index (χ3n) is 2.30. The summed E-state index contributed by atoms with van der Waals surface area (Å²) in [5.74, 6) is 1.09. The van der Waals surface area contributed by atoms with Gasteiger partial charge < -0.3 is 0 Å². The second-order valence-electron chi connectivity index (χ2n) is 2.91. The van der Waals surface area contributed by atoms with Gasteiger partial charge in [0.05, 0.1) is 0 Å². The van der Waals surface area contributed by atoms with E-state index in [2.05, 4.69) is 6.82 Å². The molecular weight excluding hydrogens is 94.9 g/mol. The zero-order valence-corrected chi connectivity index (χ0v) is 5.82. The molecule has 1 heteroatoms. The van der Waals surface area contributed by atoms with Gasteiger partial charge in [-0.25, -0.2) is 0 Å². The number of hydrogen-bond acceptors (Lipinski definition) is 0. The van der Waals surface area contributed by atoms with Crippen LogP contribution in [0.3, 0.4) is 0 Å². The summed E-state index contributed by atoms with van der Waals surface area (Å²) >= 11 is 0. The molecule has 0 spiro atoms. The molecule has 0 saturated heterocycles. The molecule has 0 aromatic heterocycles. The van der Waals surface area contributed by atoms with Gasteiger partial charge in [-0.2, -0.15) is 0 Å². The van der Waals surface area contributed by atoms with E-state index in [9.17, 15) is 0 Å². The quantitative estimate of drug-likeness (QED) is 0.454. The Morgan fingerprint density at radius 2 is 1.75 bits per heavy atom. The fourth-order valence-electron chi connectivity index (χ4n) is 1.60. The lowest BCUT2D eigenvalue weighted by atomic mass is 9.61. The van der Waals surface area contributed by atoms with Gasteiger partial charge in [0.1, 0.15) is 7.28 Å². The average Bonchev–Trinajstić information content (AvgIpc) is 1.90. The topological polar surface area (TPSA) is 0 Å². The molecule has 0 amide bonds. The van der Waals surface area contributed by atoms with Crippen molar-refractivity contribution >= 4 is 7.28 Å². The van der Waals surface area contributed by atoms with Crippen LogP contribution in [-0.4, -0.2) is 7.28 Å². The SMILES string of the molecule is CBC1CCCCC1. The second kappa shape index (κ2) is 3.16. The highest BCUT2D eigenvalue weighted by molar-refractivity contribution is 6.35. The average molecular weight is 110 g/mol. The highest BCUT2D eigenvalue weighted by atomic mass is 14.1. The largest absolute Gasteiger partial charge is 0.120 e. The van der Waals surface area contributed by atoms with Gasteiger partial charge in [-0.1, -0.05) is 44.7 Å². The molecule has 0 nitrogen and oxygen atoms in total. The predicted octanol–water partition coefficient (Wildman–Crippen LogP) is 2.22. The van der Waals surface area contributed by atoms with Gasteiger partial charge >= 0.3 is 0 Å². The summed E-state index contributed by atoms with van der Waals surface area (Å²) in [5.41, 5.74) is 0. The molecule has 0 aromatic rings. The molecule has 0 bridgehead atoms. The van der Waals surface area contributed by atoms with Crippen LogP contribution in [-0.2, 0) is 0 Å². The van der Waals surface area contributed by atoms with Crippen molar-refractivity contribution in [3.05, 3.63) is 0 Å². The fraction of sp³-hybridized carbons (Fsp3) is 1.00. The van der Waals surface area contributed by atoms with Crippen LogP contribution in [0.25, 0.3) is 0 Å². The van der Waals surface area contributed by atoms with Crippen LogP contribution in [0.2, 0.25) is 12.6 Å². The molecule has 0 N–H and O–H groups in total. The number of rotatable bonds is 1. The Bertz CT molecular complexity index is 55.4. The molecule has 0 aromatic carbocycles. The summed E-state index contributed by atoms with van der Waals surface area (Å²) < 4.78 is 0. The van der Waals surface area contributed by atoms with E-state index in [1.54, 1.807) is 0 Å². The first-order chi connectivity index (χ1) is 3.93. The molecule has 0 aliphatic heterocycles. The maximum absolute atomic E-state index is 2.32. The Morgan fingerprint density at radius 3 is 2.12 bits per heavy atom. The summed E-state index contributed by atoms with van der Waals surface area (Å²) in [6.45, 7) is 2.32. The fourth-order valence-corrected chi connectivity index (χ4v) is 1.60.